The highest BCUT2D eigenvalue weighted by atomic mass is 19.1. The van der Waals surface area contributed by atoms with E-state index < -0.39 is 0 Å². The summed E-state index contributed by atoms with van der Waals surface area (Å²) < 4.78 is 13.5. The molecule has 2 aliphatic carbocycles. The molecule has 0 amide bonds. The molecule has 0 unspecified atom stereocenters. The van der Waals surface area contributed by atoms with Crippen molar-refractivity contribution < 1.29 is 4.39 Å². The largest absolute Gasteiger partial charge is 0.371 e. The Bertz CT molecular complexity index is 438. The first kappa shape index (κ1) is 13.9. The van der Waals surface area contributed by atoms with E-state index in [0.29, 0.717) is 0 Å². The predicted molar refractivity (Wildman–Crippen MR) is 81.4 cm³/mol. The number of hydrogen-bond donors (Lipinski definition) is 1. The summed E-state index contributed by atoms with van der Waals surface area (Å²) >= 11 is 0. The number of anilines is 1. The molecule has 3 rings (SSSR count). The number of nitrogens with one attached hydrogen (secondary N) is 1. The summed E-state index contributed by atoms with van der Waals surface area (Å²) in [5, 5.41) is 3.33. The molecule has 0 aromatic heterocycles. The lowest BCUT2D eigenvalue weighted by Gasteiger charge is -2.27. The number of benzene rings is 1. The number of nitrogens with zero attached hydrogens (tertiary/aromatic N) is 1. The van der Waals surface area contributed by atoms with Crippen LogP contribution in [-0.2, 0) is 6.54 Å². The Labute approximate surface area is 121 Å². The van der Waals surface area contributed by atoms with Gasteiger partial charge in [-0.15, -0.1) is 0 Å². The Morgan fingerprint density at radius 3 is 2.35 bits per heavy atom. The molecule has 0 bridgehead atoms. The highest BCUT2D eigenvalue weighted by molar-refractivity contribution is 5.54. The molecular formula is C17H25FN2. The number of rotatable bonds is 8. The van der Waals surface area contributed by atoms with Crippen molar-refractivity contribution in [3.8, 4) is 0 Å². The van der Waals surface area contributed by atoms with Crippen LogP contribution in [0.3, 0.4) is 0 Å². The van der Waals surface area contributed by atoms with Crippen molar-refractivity contribution in [3.05, 3.63) is 29.6 Å². The second kappa shape index (κ2) is 6.13. The maximum absolute atomic E-state index is 13.5. The monoisotopic (exact) mass is 276 g/mol. The van der Waals surface area contributed by atoms with Crippen LogP contribution in [0.1, 0.15) is 38.2 Å². The zero-order chi connectivity index (χ0) is 13.9. The van der Waals surface area contributed by atoms with E-state index in [1.807, 2.05) is 6.07 Å². The first-order chi connectivity index (χ1) is 9.76. The van der Waals surface area contributed by atoms with Gasteiger partial charge in [0.1, 0.15) is 5.82 Å². The third-order valence-electron chi connectivity index (χ3n) is 4.30. The smallest absolute Gasteiger partial charge is 0.123 e. The molecule has 0 radical (unpaired) electrons. The molecule has 1 aromatic carbocycles. The third-order valence-corrected chi connectivity index (χ3v) is 4.30. The highest BCUT2D eigenvalue weighted by Crippen LogP contribution is 2.36. The molecule has 1 N–H and O–H groups in total. The zero-order valence-corrected chi connectivity index (χ0v) is 12.4. The summed E-state index contributed by atoms with van der Waals surface area (Å²) in [5.41, 5.74) is 2.35. The van der Waals surface area contributed by atoms with E-state index in [2.05, 4.69) is 17.1 Å². The molecule has 0 spiro atoms. The fourth-order valence-electron chi connectivity index (χ4n) is 2.76. The predicted octanol–water partition coefficient (Wildman–Crippen LogP) is 3.56. The van der Waals surface area contributed by atoms with Gasteiger partial charge in [0.15, 0.2) is 0 Å². The van der Waals surface area contributed by atoms with E-state index >= 15 is 0 Å². The molecule has 0 heterocycles. The van der Waals surface area contributed by atoms with E-state index in [-0.39, 0.29) is 5.82 Å². The molecule has 2 nitrogen and oxygen atoms in total. The Hall–Kier alpha value is -1.09. The SMILES string of the molecule is CCNCc1cc(F)ccc1N(CC1CC1)CC1CC1. The molecule has 0 atom stereocenters. The molecule has 2 aliphatic rings. The van der Waals surface area contributed by atoms with Crippen LogP contribution in [0.4, 0.5) is 10.1 Å². The maximum atomic E-state index is 13.5. The van der Waals surface area contributed by atoms with E-state index in [4.69, 9.17) is 0 Å². The fraction of sp³-hybridized carbons (Fsp3) is 0.647. The van der Waals surface area contributed by atoms with Gasteiger partial charge in [-0.2, -0.15) is 0 Å². The number of halogens is 1. The Morgan fingerprint density at radius 1 is 1.15 bits per heavy atom. The van der Waals surface area contributed by atoms with Crippen LogP contribution in [0.2, 0.25) is 0 Å². The van der Waals surface area contributed by atoms with Gasteiger partial charge < -0.3 is 10.2 Å². The van der Waals surface area contributed by atoms with Gasteiger partial charge >= 0.3 is 0 Å². The normalized spacial score (nSPS) is 18.3. The lowest BCUT2D eigenvalue weighted by atomic mass is 10.1. The molecule has 110 valence electrons. The quantitative estimate of drug-likeness (QED) is 0.781. The Kier molecular flexibility index (Phi) is 4.25. The summed E-state index contributed by atoms with van der Waals surface area (Å²) in [5.74, 6) is 1.61. The van der Waals surface area contributed by atoms with Gasteiger partial charge in [-0.1, -0.05) is 6.92 Å². The van der Waals surface area contributed by atoms with Crippen molar-refractivity contribution >= 4 is 5.69 Å². The fourth-order valence-corrected chi connectivity index (χ4v) is 2.76. The second-order valence-corrected chi connectivity index (χ2v) is 6.35. The molecule has 3 heteroatoms. The first-order valence-corrected chi connectivity index (χ1v) is 8.00. The van der Waals surface area contributed by atoms with E-state index in [1.54, 1.807) is 12.1 Å². The van der Waals surface area contributed by atoms with Crippen molar-refractivity contribution in [1.82, 2.24) is 5.32 Å². The van der Waals surface area contributed by atoms with Crippen LogP contribution in [0.5, 0.6) is 0 Å². The topological polar surface area (TPSA) is 15.3 Å². The minimum atomic E-state index is -0.126. The minimum absolute atomic E-state index is 0.126. The second-order valence-electron chi connectivity index (χ2n) is 6.35. The highest BCUT2D eigenvalue weighted by Gasteiger charge is 2.30. The van der Waals surface area contributed by atoms with Gasteiger partial charge in [0.25, 0.3) is 0 Å². The Balaban J connectivity index is 1.78. The van der Waals surface area contributed by atoms with Crippen molar-refractivity contribution in [3.63, 3.8) is 0 Å². The average molecular weight is 276 g/mol. The van der Waals surface area contributed by atoms with Crippen LogP contribution in [0.15, 0.2) is 18.2 Å². The van der Waals surface area contributed by atoms with Crippen LogP contribution < -0.4 is 10.2 Å². The average Bonchev–Trinajstić information content (AvgIpc) is 3.31. The number of hydrogen-bond acceptors (Lipinski definition) is 2. The Morgan fingerprint density at radius 2 is 1.80 bits per heavy atom. The van der Waals surface area contributed by atoms with Crippen LogP contribution >= 0.6 is 0 Å². The molecule has 20 heavy (non-hydrogen) atoms. The van der Waals surface area contributed by atoms with Crippen LogP contribution in [0, 0.1) is 17.7 Å². The maximum Gasteiger partial charge on any atom is 0.123 e. The van der Waals surface area contributed by atoms with Gasteiger partial charge in [-0.3, -0.25) is 0 Å². The summed E-state index contributed by atoms with van der Waals surface area (Å²) in [6.45, 7) is 6.07. The van der Waals surface area contributed by atoms with Gasteiger partial charge in [0, 0.05) is 25.3 Å². The minimum Gasteiger partial charge on any atom is -0.371 e. The van der Waals surface area contributed by atoms with Gasteiger partial charge in [-0.05, 0) is 67.8 Å². The first-order valence-electron chi connectivity index (χ1n) is 8.00. The molecule has 0 saturated heterocycles. The van der Waals surface area contributed by atoms with E-state index in [0.717, 1.165) is 43.6 Å². The van der Waals surface area contributed by atoms with Crippen molar-refractivity contribution in [2.24, 2.45) is 11.8 Å². The molecule has 2 saturated carbocycles. The van der Waals surface area contributed by atoms with Gasteiger partial charge in [0.2, 0.25) is 0 Å². The summed E-state index contributed by atoms with van der Waals surface area (Å²) in [7, 11) is 0. The van der Waals surface area contributed by atoms with E-state index in [1.165, 1.54) is 31.4 Å². The molecule has 1 aromatic rings. The molecule has 0 aliphatic heterocycles. The van der Waals surface area contributed by atoms with Crippen LogP contribution in [0.25, 0.3) is 0 Å². The van der Waals surface area contributed by atoms with Crippen molar-refractivity contribution in [2.75, 3.05) is 24.5 Å². The lowest BCUT2D eigenvalue weighted by Crippen LogP contribution is -2.29. The van der Waals surface area contributed by atoms with E-state index in [9.17, 15) is 4.39 Å². The van der Waals surface area contributed by atoms with Gasteiger partial charge in [-0.25, -0.2) is 4.39 Å². The summed E-state index contributed by atoms with van der Waals surface area (Å²) in [6.07, 6.45) is 5.46. The zero-order valence-electron chi connectivity index (χ0n) is 12.4. The van der Waals surface area contributed by atoms with Crippen LogP contribution in [-0.4, -0.2) is 19.6 Å². The van der Waals surface area contributed by atoms with Crippen molar-refractivity contribution in [1.29, 1.82) is 0 Å². The standard InChI is InChI=1S/C17H25FN2/c1-2-19-10-15-9-16(18)7-8-17(15)20(11-13-3-4-13)12-14-5-6-14/h7-9,13-14,19H,2-6,10-12H2,1H3. The van der Waals surface area contributed by atoms with Gasteiger partial charge in [0.05, 0.1) is 0 Å². The molecular weight excluding hydrogens is 251 g/mol. The third kappa shape index (κ3) is 3.72. The summed E-state index contributed by atoms with van der Waals surface area (Å²) in [4.78, 5) is 2.52. The lowest BCUT2D eigenvalue weighted by molar-refractivity contribution is 0.618. The van der Waals surface area contributed by atoms with Crippen molar-refractivity contribution in [2.45, 2.75) is 39.2 Å². The summed E-state index contributed by atoms with van der Waals surface area (Å²) in [6, 6.07) is 5.29. The molecule has 2 fully saturated rings.